The van der Waals surface area contributed by atoms with Gasteiger partial charge in [-0.25, -0.2) is 0 Å². The second kappa shape index (κ2) is 6.61. The fourth-order valence-corrected chi connectivity index (χ4v) is 2.90. The van der Waals surface area contributed by atoms with Crippen LogP contribution in [0.3, 0.4) is 0 Å². The number of nitrogens with zero attached hydrogens (tertiary/aromatic N) is 1. The maximum Gasteiger partial charge on any atom is 0.228 e. The molecule has 0 unspecified atom stereocenters. The highest BCUT2D eigenvalue weighted by Crippen LogP contribution is 2.20. The summed E-state index contributed by atoms with van der Waals surface area (Å²) in [5.74, 6) is -0.0565. The van der Waals surface area contributed by atoms with Crippen molar-refractivity contribution in [2.45, 2.75) is 6.42 Å². The van der Waals surface area contributed by atoms with E-state index in [2.05, 4.69) is 15.3 Å². The summed E-state index contributed by atoms with van der Waals surface area (Å²) in [6.07, 6.45) is 3.90. The van der Waals surface area contributed by atoms with E-state index in [1.54, 1.807) is 6.20 Å². The van der Waals surface area contributed by atoms with Gasteiger partial charge in [0.15, 0.2) is 0 Å². The number of hydrogen-bond donors (Lipinski definition) is 2. The SMILES string of the molecule is O=C(Cc1c[nH]c2ccccc12)Nc1ccc(-c2ccccc2)nc1. The molecule has 1 amide bonds. The van der Waals surface area contributed by atoms with Gasteiger partial charge in [-0.15, -0.1) is 0 Å². The highest BCUT2D eigenvalue weighted by molar-refractivity contribution is 5.95. The van der Waals surface area contributed by atoms with Gasteiger partial charge in [-0.1, -0.05) is 48.5 Å². The molecule has 0 atom stereocenters. The maximum absolute atomic E-state index is 12.3. The fraction of sp³-hybridized carbons (Fsp3) is 0.0476. The van der Waals surface area contributed by atoms with Gasteiger partial charge in [0.25, 0.3) is 0 Å². The van der Waals surface area contributed by atoms with Gasteiger partial charge in [-0.2, -0.15) is 0 Å². The minimum Gasteiger partial charge on any atom is -0.361 e. The van der Waals surface area contributed by atoms with E-state index < -0.39 is 0 Å². The third kappa shape index (κ3) is 3.28. The van der Waals surface area contributed by atoms with E-state index in [1.165, 1.54) is 0 Å². The van der Waals surface area contributed by atoms with Gasteiger partial charge < -0.3 is 10.3 Å². The molecule has 0 saturated carbocycles. The average molecular weight is 327 g/mol. The third-order valence-electron chi connectivity index (χ3n) is 4.14. The number of aromatic nitrogens is 2. The monoisotopic (exact) mass is 327 g/mol. The van der Waals surface area contributed by atoms with Crippen molar-refractivity contribution in [3.05, 3.63) is 84.7 Å². The maximum atomic E-state index is 12.3. The number of nitrogens with one attached hydrogen (secondary N) is 2. The number of carbonyl (C=O) groups excluding carboxylic acids is 1. The van der Waals surface area contributed by atoms with Gasteiger partial charge in [0.2, 0.25) is 5.91 Å². The number of rotatable bonds is 4. The van der Waals surface area contributed by atoms with Crippen LogP contribution in [0, 0.1) is 0 Å². The minimum absolute atomic E-state index is 0.0565. The molecule has 122 valence electrons. The van der Waals surface area contributed by atoms with E-state index in [1.807, 2.05) is 72.9 Å². The summed E-state index contributed by atoms with van der Waals surface area (Å²) in [6.45, 7) is 0. The van der Waals surface area contributed by atoms with Crippen molar-refractivity contribution in [1.29, 1.82) is 0 Å². The molecule has 2 heterocycles. The Morgan fingerprint density at radius 1 is 0.960 bits per heavy atom. The van der Waals surface area contributed by atoms with E-state index in [0.717, 1.165) is 27.7 Å². The summed E-state index contributed by atoms with van der Waals surface area (Å²) in [5.41, 5.74) is 4.67. The van der Waals surface area contributed by atoms with Crippen LogP contribution >= 0.6 is 0 Å². The molecular weight excluding hydrogens is 310 g/mol. The van der Waals surface area contributed by atoms with E-state index in [-0.39, 0.29) is 5.91 Å². The zero-order valence-electron chi connectivity index (χ0n) is 13.6. The zero-order valence-corrected chi connectivity index (χ0v) is 13.6. The van der Waals surface area contributed by atoms with Gasteiger partial charge >= 0.3 is 0 Å². The van der Waals surface area contributed by atoms with E-state index in [9.17, 15) is 4.79 Å². The number of amides is 1. The van der Waals surface area contributed by atoms with Crippen LogP contribution in [0.2, 0.25) is 0 Å². The van der Waals surface area contributed by atoms with Crippen molar-refractivity contribution in [2.24, 2.45) is 0 Å². The highest BCUT2D eigenvalue weighted by Gasteiger charge is 2.09. The van der Waals surface area contributed by atoms with Crippen LogP contribution in [0.1, 0.15) is 5.56 Å². The molecule has 0 bridgehead atoms. The molecule has 0 spiro atoms. The van der Waals surface area contributed by atoms with Crippen LogP contribution in [-0.2, 0) is 11.2 Å². The number of carbonyl (C=O) groups is 1. The van der Waals surface area contributed by atoms with Crippen molar-refractivity contribution in [3.8, 4) is 11.3 Å². The number of hydrogen-bond acceptors (Lipinski definition) is 2. The predicted octanol–water partition coefficient (Wildman–Crippen LogP) is 4.41. The first kappa shape index (κ1) is 15.1. The number of para-hydroxylation sites is 1. The smallest absolute Gasteiger partial charge is 0.228 e. The van der Waals surface area contributed by atoms with Crippen LogP contribution in [-0.4, -0.2) is 15.9 Å². The summed E-state index contributed by atoms with van der Waals surface area (Å²) in [6, 6.07) is 21.7. The van der Waals surface area contributed by atoms with Gasteiger partial charge in [0, 0.05) is 22.7 Å². The zero-order chi connectivity index (χ0) is 17.1. The fourth-order valence-electron chi connectivity index (χ4n) is 2.90. The quantitative estimate of drug-likeness (QED) is 0.583. The van der Waals surface area contributed by atoms with Crippen molar-refractivity contribution in [2.75, 3.05) is 5.32 Å². The molecule has 0 radical (unpaired) electrons. The number of pyridine rings is 1. The normalized spacial score (nSPS) is 10.7. The summed E-state index contributed by atoms with van der Waals surface area (Å²) in [4.78, 5) is 19.9. The molecule has 0 aliphatic heterocycles. The molecule has 2 aromatic carbocycles. The molecule has 2 N–H and O–H groups in total. The first-order chi connectivity index (χ1) is 12.3. The van der Waals surface area contributed by atoms with Gasteiger partial charge in [0.05, 0.1) is 24.0 Å². The van der Waals surface area contributed by atoms with Crippen molar-refractivity contribution >= 4 is 22.5 Å². The van der Waals surface area contributed by atoms with E-state index in [0.29, 0.717) is 12.1 Å². The average Bonchev–Trinajstić information content (AvgIpc) is 3.06. The lowest BCUT2D eigenvalue weighted by molar-refractivity contribution is -0.115. The predicted molar refractivity (Wildman–Crippen MR) is 100 cm³/mol. The first-order valence-electron chi connectivity index (χ1n) is 8.16. The van der Waals surface area contributed by atoms with Crippen molar-refractivity contribution < 1.29 is 4.79 Å². The highest BCUT2D eigenvalue weighted by atomic mass is 16.1. The Balaban J connectivity index is 1.46. The van der Waals surface area contributed by atoms with Crippen LogP contribution in [0.15, 0.2) is 79.1 Å². The number of H-pyrrole nitrogens is 1. The minimum atomic E-state index is -0.0565. The first-order valence-corrected chi connectivity index (χ1v) is 8.16. The topological polar surface area (TPSA) is 57.8 Å². The second-order valence-corrected chi connectivity index (χ2v) is 5.88. The van der Waals surface area contributed by atoms with Crippen molar-refractivity contribution in [3.63, 3.8) is 0 Å². The molecule has 25 heavy (non-hydrogen) atoms. The summed E-state index contributed by atoms with van der Waals surface area (Å²) in [5, 5.41) is 3.99. The Bertz CT molecular complexity index is 1000. The van der Waals surface area contributed by atoms with Crippen LogP contribution in [0.4, 0.5) is 5.69 Å². The van der Waals surface area contributed by atoms with Crippen LogP contribution in [0.5, 0.6) is 0 Å². The van der Waals surface area contributed by atoms with Crippen LogP contribution in [0.25, 0.3) is 22.2 Å². The van der Waals surface area contributed by atoms with Crippen molar-refractivity contribution in [1.82, 2.24) is 9.97 Å². The Kier molecular flexibility index (Phi) is 4.01. The Hall–Kier alpha value is -3.40. The van der Waals surface area contributed by atoms with Gasteiger partial charge in [0.1, 0.15) is 0 Å². The number of aromatic amines is 1. The lowest BCUT2D eigenvalue weighted by Crippen LogP contribution is -2.14. The lowest BCUT2D eigenvalue weighted by atomic mass is 10.1. The van der Waals surface area contributed by atoms with Gasteiger partial charge in [-0.05, 0) is 23.8 Å². The van der Waals surface area contributed by atoms with Crippen LogP contribution < -0.4 is 5.32 Å². The second-order valence-electron chi connectivity index (χ2n) is 5.88. The largest absolute Gasteiger partial charge is 0.361 e. The molecule has 4 heteroatoms. The number of fused-ring (bicyclic) bond motifs is 1. The molecule has 0 saturated heterocycles. The molecule has 2 aromatic heterocycles. The van der Waals surface area contributed by atoms with Gasteiger partial charge in [-0.3, -0.25) is 9.78 Å². The molecule has 4 aromatic rings. The summed E-state index contributed by atoms with van der Waals surface area (Å²) < 4.78 is 0. The van der Waals surface area contributed by atoms with E-state index >= 15 is 0 Å². The number of anilines is 1. The Morgan fingerprint density at radius 3 is 2.56 bits per heavy atom. The summed E-state index contributed by atoms with van der Waals surface area (Å²) in [7, 11) is 0. The Morgan fingerprint density at radius 2 is 1.76 bits per heavy atom. The number of benzene rings is 2. The van der Waals surface area contributed by atoms with E-state index in [4.69, 9.17) is 0 Å². The Labute approximate surface area is 145 Å². The lowest BCUT2D eigenvalue weighted by Gasteiger charge is -2.06. The molecule has 4 nitrogen and oxygen atoms in total. The molecule has 0 aliphatic rings. The summed E-state index contributed by atoms with van der Waals surface area (Å²) >= 11 is 0. The standard InChI is InChI=1S/C21H17N3O/c25-21(12-16-13-22-20-9-5-4-8-18(16)20)24-17-10-11-19(23-14-17)15-6-2-1-3-7-15/h1-11,13-14,22H,12H2,(H,24,25). The molecule has 0 fully saturated rings. The molecular formula is C21H17N3O. The third-order valence-corrected chi connectivity index (χ3v) is 4.14. The molecule has 4 rings (SSSR count). The molecule has 0 aliphatic carbocycles.